The Hall–Kier alpha value is -1.99. The molecule has 0 amide bonds. The van der Waals surface area contributed by atoms with E-state index in [4.69, 9.17) is 6.42 Å². The predicted octanol–water partition coefficient (Wildman–Crippen LogP) is 3.85. The first-order valence-electron chi connectivity index (χ1n) is 6.36. The number of rotatable bonds is 6. The van der Waals surface area contributed by atoms with Crippen molar-refractivity contribution >= 4 is 5.78 Å². The third-order valence-electron chi connectivity index (χ3n) is 2.61. The summed E-state index contributed by atoms with van der Waals surface area (Å²) >= 11 is 0. The van der Waals surface area contributed by atoms with Crippen LogP contribution in [0.3, 0.4) is 0 Å². The number of terminal acetylenes is 1. The van der Waals surface area contributed by atoms with Crippen molar-refractivity contribution in [1.82, 2.24) is 0 Å². The molecule has 0 aliphatic heterocycles. The van der Waals surface area contributed by atoms with Gasteiger partial charge in [-0.1, -0.05) is 49.1 Å². The molecule has 0 spiro atoms. The second-order valence-electron chi connectivity index (χ2n) is 4.12. The Bertz CT molecular complexity index is 454. The van der Waals surface area contributed by atoms with Gasteiger partial charge in [-0.3, -0.25) is 4.79 Å². The normalized spacial score (nSPS) is 9.06. The second-order valence-corrected chi connectivity index (χ2v) is 4.12. The summed E-state index contributed by atoms with van der Waals surface area (Å²) in [7, 11) is 0. The largest absolute Gasteiger partial charge is 0.279 e. The third-order valence-corrected chi connectivity index (χ3v) is 2.61. The molecule has 0 N–H and O–H groups in total. The predicted molar refractivity (Wildman–Crippen MR) is 75.1 cm³/mol. The van der Waals surface area contributed by atoms with Crippen LogP contribution in [0.2, 0.25) is 0 Å². The van der Waals surface area contributed by atoms with Gasteiger partial charge in [0, 0.05) is 18.4 Å². The number of benzene rings is 1. The van der Waals surface area contributed by atoms with E-state index in [1.165, 1.54) is 0 Å². The van der Waals surface area contributed by atoms with Crippen molar-refractivity contribution in [2.45, 2.75) is 38.5 Å². The number of ketones is 1. The monoisotopic (exact) mass is 238 g/mol. The summed E-state index contributed by atoms with van der Waals surface area (Å²) in [6, 6.07) is 9.16. The standard InChI is InChI=1S/C17H18O/c1-2-3-4-5-6-7-8-12-15-17(18)16-13-10-9-11-14-16/h1,9-11,13-14H,3-8H2. The van der Waals surface area contributed by atoms with Gasteiger partial charge in [0.15, 0.2) is 0 Å². The molecule has 0 bridgehead atoms. The number of carbonyl (C=O) groups is 1. The number of Topliss-reactive ketones (excluding diaryl/α,β-unsaturated/α-hetero) is 1. The van der Waals surface area contributed by atoms with Crippen molar-refractivity contribution in [2.24, 2.45) is 0 Å². The highest BCUT2D eigenvalue weighted by atomic mass is 16.1. The molecule has 0 aliphatic rings. The van der Waals surface area contributed by atoms with E-state index in [-0.39, 0.29) is 5.78 Å². The highest BCUT2D eigenvalue weighted by molar-refractivity contribution is 6.08. The Kier molecular flexibility index (Phi) is 7.10. The molecule has 1 rings (SSSR count). The molecule has 0 saturated carbocycles. The molecule has 1 nitrogen and oxygen atoms in total. The number of carbonyl (C=O) groups excluding carboxylic acids is 1. The van der Waals surface area contributed by atoms with E-state index in [1.54, 1.807) is 12.1 Å². The van der Waals surface area contributed by atoms with Crippen LogP contribution in [0.1, 0.15) is 48.9 Å². The summed E-state index contributed by atoms with van der Waals surface area (Å²) in [4.78, 5) is 11.6. The highest BCUT2D eigenvalue weighted by Crippen LogP contribution is 2.04. The minimum Gasteiger partial charge on any atom is -0.279 e. The van der Waals surface area contributed by atoms with Crippen LogP contribution in [0.5, 0.6) is 0 Å². The molecule has 0 heterocycles. The maximum Gasteiger partial charge on any atom is 0.235 e. The van der Waals surface area contributed by atoms with E-state index in [0.717, 1.165) is 38.5 Å². The van der Waals surface area contributed by atoms with Gasteiger partial charge in [-0.15, -0.1) is 12.3 Å². The zero-order valence-electron chi connectivity index (χ0n) is 10.6. The van der Waals surface area contributed by atoms with Gasteiger partial charge >= 0.3 is 0 Å². The lowest BCUT2D eigenvalue weighted by atomic mass is 10.1. The van der Waals surface area contributed by atoms with Crippen LogP contribution in [0.15, 0.2) is 30.3 Å². The van der Waals surface area contributed by atoms with Crippen LogP contribution >= 0.6 is 0 Å². The summed E-state index contributed by atoms with van der Waals surface area (Å²) in [5.41, 5.74) is 0.666. The van der Waals surface area contributed by atoms with E-state index < -0.39 is 0 Å². The molecule has 0 unspecified atom stereocenters. The van der Waals surface area contributed by atoms with Gasteiger partial charge in [0.25, 0.3) is 0 Å². The van der Waals surface area contributed by atoms with Crippen LogP contribution in [-0.4, -0.2) is 5.78 Å². The van der Waals surface area contributed by atoms with E-state index in [2.05, 4.69) is 17.8 Å². The minimum atomic E-state index is -0.0945. The lowest BCUT2D eigenvalue weighted by Crippen LogP contribution is -1.93. The average molecular weight is 238 g/mol. The van der Waals surface area contributed by atoms with E-state index in [1.807, 2.05) is 18.2 Å². The van der Waals surface area contributed by atoms with Crippen LogP contribution in [-0.2, 0) is 0 Å². The van der Waals surface area contributed by atoms with Crippen molar-refractivity contribution in [3.63, 3.8) is 0 Å². The first kappa shape index (κ1) is 14.1. The van der Waals surface area contributed by atoms with Gasteiger partial charge in [0.1, 0.15) is 0 Å². The summed E-state index contributed by atoms with van der Waals surface area (Å²) in [5.74, 6) is 8.15. The fourth-order valence-corrected chi connectivity index (χ4v) is 1.60. The Morgan fingerprint density at radius 3 is 2.33 bits per heavy atom. The summed E-state index contributed by atoms with van der Waals surface area (Å²) in [5, 5.41) is 0. The molecule has 0 radical (unpaired) electrons. The van der Waals surface area contributed by atoms with Crippen LogP contribution < -0.4 is 0 Å². The van der Waals surface area contributed by atoms with E-state index in [9.17, 15) is 4.79 Å². The van der Waals surface area contributed by atoms with Gasteiger partial charge in [-0.25, -0.2) is 0 Å². The fraction of sp³-hybridized carbons (Fsp3) is 0.353. The molecule has 0 aromatic heterocycles. The van der Waals surface area contributed by atoms with Crippen molar-refractivity contribution < 1.29 is 4.79 Å². The first-order chi connectivity index (χ1) is 8.84. The Labute approximate surface area is 110 Å². The molecule has 0 atom stereocenters. The Balaban J connectivity index is 2.18. The summed E-state index contributed by atoms with van der Waals surface area (Å²) < 4.78 is 0. The van der Waals surface area contributed by atoms with E-state index in [0.29, 0.717) is 5.56 Å². The van der Waals surface area contributed by atoms with Crippen molar-refractivity contribution in [2.75, 3.05) is 0 Å². The van der Waals surface area contributed by atoms with Gasteiger partial charge < -0.3 is 0 Å². The van der Waals surface area contributed by atoms with Crippen LogP contribution in [0, 0.1) is 24.2 Å². The van der Waals surface area contributed by atoms with E-state index >= 15 is 0 Å². The quantitative estimate of drug-likeness (QED) is 0.318. The molecule has 1 aromatic rings. The first-order valence-corrected chi connectivity index (χ1v) is 6.36. The van der Waals surface area contributed by atoms with Gasteiger partial charge in [0.05, 0.1) is 0 Å². The Morgan fingerprint density at radius 1 is 1.00 bits per heavy atom. The van der Waals surface area contributed by atoms with Crippen molar-refractivity contribution in [3.05, 3.63) is 35.9 Å². The molecule has 0 saturated heterocycles. The van der Waals surface area contributed by atoms with Gasteiger partial charge in [-0.05, 0) is 18.8 Å². The van der Waals surface area contributed by atoms with Gasteiger partial charge in [-0.2, -0.15) is 0 Å². The maximum absolute atomic E-state index is 11.6. The summed E-state index contributed by atoms with van der Waals surface area (Å²) in [6.45, 7) is 0. The van der Waals surface area contributed by atoms with Crippen molar-refractivity contribution in [3.8, 4) is 24.2 Å². The Morgan fingerprint density at radius 2 is 1.67 bits per heavy atom. The zero-order valence-corrected chi connectivity index (χ0v) is 10.6. The average Bonchev–Trinajstić information content (AvgIpc) is 2.42. The molecule has 0 fully saturated rings. The minimum absolute atomic E-state index is 0.0945. The van der Waals surface area contributed by atoms with Crippen molar-refractivity contribution in [1.29, 1.82) is 0 Å². The zero-order chi connectivity index (χ0) is 13.1. The molecule has 18 heavy (non-hydrogen) atoms. The third kappa shape index (κ3) is 5.92. The van der Waals surface area contributed by atoms with Crippen LogP contribution in [0.25, 0.3) is 0 Å². The lowest BCUT2D eigenvalue weighted by molar-refractivity contribution is 0.105. The molecule has 1 aromatic carbocycles. The molecule has 92 valence electrons. The number of hydrogen-bond donors (Lipinski definition) is 0. The molecule has 1 heteroatoms. The molecule has 0 aliphatic carbocycles. The SMILES string of the molecule is C#CCCCCCCC#CC(=O)c1ccccc1. The lowest BCUT2D eigenvalue weighted by Gasteiger charge is -1.94. The second kappa shape index (κ2) is 9.08. The number of unbranched alkanes of at least 4 members (excludes halogenated alkanes) is 5. The van der Waals surface area contributed by atoms with Gasteiger partial charge in [0.2, 0.25) is 5.78 Å². The fourth-order valence-electron chi connectivity index (χ4n) is 1.60. The summed E-state index contributed by atoms with van der Waals surface area (Å²) in [6.07, 6.45) is 11.2. The smallest absolute Gasteiger partial charge is 0.235 e. The number of hydrogen-bond acceptors (Lipinski definition) is 1. The van der Waals surface area contributed by atoms with Crippen LogP contribution in [0.4, 0.5) is 0 Å². The highest BCUT2D eigenvalue weighted by Gasteiger charge is 1.98. The maximum atomic E-state index is 11.6. The molecular formula is C17H18O. The topological polar surface area (TPSA) is 17.1 Å². The molecular weight excluding hydrogens is 220 g/mol.